The van der Waals surface area contributed by atoms with Crippen LogP contribution >= 0.6 is 0 Å². The number of anilines is 1. The zero-order valence-electron chi connectivity index (χ0n) is 14.2. The molecule has 0 aliphatic heterocycles. The van der Waals surface area contributed by atoms with Gasteiger partial charge in [0.2, 0.25) is 0 Å². The van der Waals surface area contributed by atoms with E-state index < -0.39 is 31.5 Å². The molecule has 0 radical (unpaired) electrons. The first kappa shape index (κ1) is 19.4. The van der Waals surface area contributed by atoms with Gasteiger partial charge in [-0.3, -0.25) is 19.4 Å². The topological polar surface area (TPSA) is 93.4 Å². The number of benzene rings is 2. The summed E-state index contributed by atoms with van der Waals surface area (Å²) < 4.78 is 54.0. The van der Waals surface area contributed by atoms with Crippen molar-refractivity contribution in [1.82, 2.24) is 4.98 Å². The highest BCUT2D eigenvalue weighted by Gasteiger charge is 2.27. The molecule has 0 fully saturated rings. The molecule has 1 heterocycles. The van der Waals surface area contributed by atoms with Gasteiger partial charge >= 0.3 is 0 Å². The summed E-state index contributed by atoms with van der Waals surface area (Å²) in [6.07, 6.45) is 2.94. The molecule has 0 amide bonds. The Morgan fingerprint density at radius 2 is 1.82 bits per heavy atom. The molecule has 3 aromatic rings. The van der Waals surface area contributed by atoms with Gasteiger partial charge in [0.05, 0.1) is 22.1 Å². The van der Waals surface area contributed by atoms with Gasteiger partial charge in [0.1, 0.15) is 0 Å². The van der Waals surface area contributed by atoms with E-state index >= 15 is 0 Å². The highest BCUT2D eigenvalue weighted by Crippen LogP contribution is 2.29. The Labute approximate surface area is 159 Å². The summed E-state index contributed by atoms with van der Waals surface area (Å²) in [6, 6.07) is 10.5. The van der Waals surface area contributed by atoms with Crippen molar-refractivity contribution >= 4 is 21.4 Å². The molecule has 0 unspecified atom stereocenters. The lowest BCUT2D eigenvalue weighted by molar-refractivity contribution is -0.384. The largest absolute Gasteiger partial charge is 0.271 e. The van der Waals surface area contributed by atoms with E-state index in [0.29, 0.717) is 17.7 Å². The van der Waals surface area contributed by atoms with Crippen LogP contribution in [0.3, 0.4) is 0 Å². The third kappa shape index (κ3) is 3.96. The number of nitro groups is 1. The Morgan fingerprint density at radius 3 is 2.46 bits per heavy atom. The third-order valence-electron chi connectivity index (χ3n) is 3.86. The molecule has 144 valence electrons. The minimum atomic E-state index is -4.36. The second kappa shape index (κ2) is 7.69. The summed E-state index contributed by atoms with van der Waals surface area (Å²) in [7, 11) is -4.36. The molecule has 0 bridgehead atoms. The molecule has 0 spiro atoms. The summed E-state index contributed by atoms with van der Waals surface area (Å²) in [5.41, 5.74) is 0.192. The lowest BCUT2D eigenvalue weighted by Gasteiger charge is -2.24. The Morgan fingerprint density at radius 1 is 1.04 bits per heavy atom. The maximum absolute atomic E-state index is 13.6. The van der Waals surface area contributed by atoms with Crippen LogP contribution in [0.5, 0.6) is 0 Å². The van der Waals surface area contributed by atoms with E-state index in [4.69, 9.17) is 0 Å². The number of sulfonamides is 1. The molecule has 0 saturated carbocycles. The van der Waals surface area contributed by atoms with Gasteiger partial charge in [0.25, 0.3) is 15.7 Å². The zero-order chi connectivity index (χ0) is 20.3. The van der Waals surface area contributed by atoms with E-state index in [-0.39, 0.29) is 17.9 Å². The van der Waals surface area contributed by atoms with Crippen LogP contribution in [-0.4, -0.2) is 18.3 Å². The number of halogens is 2. The van der Waals surface area contributed by atoms with Crippen LogP contribution in [0.25, 0.3) is 0 Å². The Balaban J connectivity index is 2.13. The zero-order valence-corrected chi connectivity index (χ0v) is 15.0. The fourth-order valence-electron chi connectivity index (χ4n) is 2.50. The minimum absolute atomic E-state index is 0.00258. The Bertz CT molecular complexity index is 1120. The number of hydrogen-bond acceptors (Lipinski definition) is 5. The molecule has 10 heteroatoms. The lowest BCUT2D eigenvalue weighted by atomic mass is 10.2. The SMILES string of the molecule is O=[N+]([O-])c1cccc(N(Cc2cccnc2)S(=O)(=O)c2ccc(F)c(F)c2)c1. The maximum Gasteiger partial charge on any atom is 0.271 e. The van der Waals surface area contributed by atoms with Crippen molar-refractivity contribution < 1.29 is 22.1 Å². The molecular formula is C18H13F2N3O4S. The standard InChI is InChI=1S/C18H13F2N3O4S/c19-17-7-6-16(10-18(17)20)28(26,27)22(12-13-3-2-8-21-11-13)14-4-1-5-15(9-14)23(24)25/h1-11H,12H2. The molecule has 3 rings (SSSR count). The molecule has 28 heavy (non-hydrogen) atoms. The molecule has 0 atom stereocenters. The third-order valence-corrected chi connectivity index (χ3v) is 5.63. The van der Waals surface area contributed by atoms with E-state index in [1.165, 1.54) is 30.6 Å². The second-order valence-electron chi connectivity index (χ2n) is 5.73. The number of aromatic nitrogens is 1. The van der Waals surface area contributed by atoms with Crippen LogP contribution in [0.1, 0.15) is 5.56 Å². The van der Waals surface area contributed by atoms with Gasteiger partial charge in [-0.2, -0.15) is 0 Å². The normalized spacial score (nSPS) is 11.2. The Kier molecular flexibility index (Phi) is 5.32. The number of non-ortho nitro benzene ring substituents is 1. The van der Waals surface area contributed by atoms with Crippen molar-refractivity contribution in [2.75, 3.05) is 4.31 Å². The van der Waals surface area contributed by atoms with Gasteiger partial charge in [0.15, 0.2) is 11.6 Å². The van der Waals surface area contributed by atoms with E-state index in [1.54, 1.807) is 12.1 Å². The fourth-order valence-corrected chi connectivity index (χ4v) is 3.96. The van der Waals surface area contributed by atoms with Crippen molar-refractivity contribution in [2.45, 2.75) is 11.4 Å². The Hall–Kier alpha value is -3.40. The van der Waals surface area contributed by atoms with Crippen LogP contribution in [0, 0.1) is 21.7 Å². The molecule has 0 aliphatic rings. The average Bonchev–Trinajstić information content (AvgIpc) is 2.69. The van der Waals surface area contributed by atoms with Crippen molar-refractivity contribution in [2.24, 2.45) is 0 Å². The lowest BCUT2D eigenvalue weighted by Crippen LogP contribution is -2.30. The number of nitrogens with zero attached hydrogens (tertiary/aromatic N) is 3. The highest BCUT2D eigenvalue weighted by atomic mass is 32.2. The molecule has 0 saturated heterocycles. The van der Waals surface area contributed by atoms with Crippen LogP contribution in [0.15, 0.2) is 71.9 Å². The molecule has 1 aromatic heterocycles. The summed E-state index contributed by atoms with van der Waals surface area (Å²) in [4.78, 5) is 13.8. The summed E-state index contributed by atoms with van der Waals surface area (Å²) in [5, 5.41) is 11.1. The van der Waals surface area contributed by atoms with E-state index in [9.17, 15) is 27.3 Å². The van der Waals surface area contributed by atoms with Crippen LogP contribution in [-0.2, 0) is 16.6 Å². The molecule has 2 aromatic carbocycles. The van der Waals surface area contributed by atoms with Crippen molar-refractivity contribution in [1.29, 1.82) is 0 Å². The monoisotopic (exact) mass is 405 g/mol. The van der Waals surface area contributed by atoms with Crippen LogP contribution in [0.4, 0.5) is 20.2 Å². The fraction of sp³-hybridized carbons (Fsp3) is 0.0556. The first-order valence-electron chi connectivity index (χ1n) is 7.90. The van der Waals surface area contributed by atoms with Gasteiger partial charge in [0, 0.05) is 24.5 Å². The first-order valence-corrected chi connectivity index (χ1v) is 9.34. The number of rotatable bonds is 6. The summed E-state index contributed by atoms with van der Waals surface area (Å²) in [6.45, 7) is -0.212. The predicted octanol–water partition coefficient (Wildman–Crippen LogP) is 3.66. The second-order valence-corrected chi connectivity index (χ2v) is 7.59. The van der Waals surface area contributed by atoms with Gasteiger partial charge in [-0.05, 0) is 35.9 Å². The number of pyridine rings is 1. The number of hydrogen-bond donors (Lipinski definition) is 0. The summed E-state index contributed by atoms with van der Waals surface area (Å²) in [5.74, 6) is -2.51. The highest BCUT2D eigenvalue weighted by molar-refractivity contribution is 7.92. The van der Waals surface area contributed by atoms with Gasteiger partial charge in [-0.15, -0.1) is 0 Å². The predicted molar refractivity (Wildman–Crippen MR) is 97.1 cm³/mol. The first-order chi connectivity index (χ1) is 13.3. The van der Waals surface area contributed by atoms with E-state index in [0.717, 1.165) is 16.4 Å². The molecule has 7 nitrogen and oxygen atoms in total. The molecular weight excluding hydrogens is 392 g/mol. The molecule has 0 aliphatic carbocycles. The van der Waals surface area contributed by atoms with E-state index in [1.807, 2.05) is 0 Å². The van der Waals surface area contributed by atoms with Gasteiger partial charge in [-0.1, -0.05) is 12.1 Å². The van der Waals surface area contributed by atoms with Gasteiger partial charge in [-0.25, -0.2) is 17.2 Å². The van der Waals surface area contributed by atoms with Crippen molar-refractivity contribution in [3.63, 3.8) is 0 Å². The molecule has 0 N–H and O–H groups in total. The minimum Gasteiger partial charge on any atom is -0.264 e. The summed E-state index contributed by atoms with van der Waals surface area (Å²) >= 11 is 0. The quantitative estimate of drug-likeness (QED) is 0.461. The van der Waals surface area contributed by atoms with Crippen LogP contribution in [0.2, 0.25) is 0 Å². The van der Waals surface area contributed by atoms with Gasteiger partial charge < -0.3 is 0 Å². The van der Waals surface area contributed by atoms with Crippen LogP contribution < -0.4 is 4.31 Å². The van der Waals surface area contributed by atoms with Crippen molar-refractivity contribution in [3.8, 4) is 0 Å². The van der Waals surface area contributed by atoms with E-state index in [2.05, 4.69) is 4.98 Å². The smallest absolute Gasteiger partial charge is 0.264 e. The maximum atomic E-state index is 13.6. The average molecular weight is 405 g/mol. The van der Waals surface area contributed by atoms with Crippen molar-refractivity contribution in [3.05, 3.63) is 94.3 Å². The number of nitro benzene ring substituents is 1.